The van der Waals surface area contributed by atoms with E-state index in [1.54, 1.807) is 0 Å². The summed E-state index contributed by atoms with van der Waals surface area (Å²) in [6.45, 7) is 10.4. The molecule has 1 aliphatic carbocycles. The summed E-state index contributed by atoms with van der Waals surface area (Å²) in [5.41, 5.74) is 4.08. The molecule has 2 atom stereocenters. The summed E-state index contributed by atoms with van der Waals surface area (Å²) in [4.78, 5) is 0. The molecule has 1 aromatic heterocycles. The molecule has 0 amide bonds. The molecule has 24 heavy (non-hydrogen) atoms. The molecular weight excluding hydrogens is 300 g/mol. The Morgan fingerprint density at radius 2 is 1.92 bits per heavy atom. The van der Waals surface area contributed by atoms with Gasteiger partial charge in [0.15, 0.2) is 0 Å². The van der Waals surface area contributed by atoms with Gasteiger partial charge in [-0.25, -0.2) is 0 Å². The Kier molecular flexibility index (Phi) is 3.03. The van der Waals surface area contributed by atoms with Crippen molar-refractivity contribution in [2.45, 2.75) is 70.4 Å². The summed E-state index contributed by atoms with van der Waals surface area (Å²) in [6.07, 6.45) is 2.89. The number of hydrogen-bond donors (Lipinski definition) is 2. The number of hydrogen-bond acceptors (Lipinski definition) is 4. The molecule has 4 heteroatoms. The van der Waals surface area contributed by atoms with Crippen LogP contribution in [0.2, 0.25) is 0 Å². The normalized spacial score (nSPS) is 30.6. The van der Waals surface area contributed by atoms with Crippen LogP contribution in [0.25, 0.3) is 11.1 Å². The van der Waals surface area contributed by atoms with Crippen LogP contribution in [-0.2, 0) is 5.41 Å². The maximum atomic E-state index is 11.6. The molecule has 1 saturated carbocycles. The fourth-order valence-corrected chi connectivity index (χ4v) is 5.14. The van der Waals surface area contributed by atoms with Gasteiger partial charge in [0.25, 0.3) is 0 Å². The summed E-state index contributed by atoms with van der Waals surface area (Å²) in [5.74, 6) is 0.836. The average Bonchev–Trinajstić information content (AvgIpc) is 3.01. The summed E-state index contributed by atoms with van der Waals surface area (Å²) in [7, 11) is 0. The largest absolute Gasteiger partial charge is 0.387 e. The lowest BCUT2D eigenvalue weighted by Crippen LogP contribution is -2.65. The number of benzene rings is 1. The topological polar surface area (TPSA) is 58.3 Å². The van der Waals surface area contributed by atoms with Gasteiger partial charge in [0, 0.05) is 16.7 Å². The van der Waals surface area contributed by atoms with E-state index in [9.17, 15) is 5.11 Å². The lowest BCUT2D eigenvalue weighted by atomic mass is 9.60. The number of aromatic nitrogens is 1. The molecule has 0 saturated heterocycles. The van der Waals surface area contributed by atoms with Crippen molar-refractivity contribution >= 4 is 5.69 Å². The Bertz CT molecular complexity index is 804. The first-order valence-corrected chi connectivity index (χ1v) is 8.78. The smallest absolute Gasteiger partial charge is 0.141 e. The van der Waals surface area contributed by atoms with E-state index in [1.165, 1.54) is 5.56 Å². The first-order chi connectivity index (χ1) is 11.2. The first kappa shape index (κ1) is 15.7. The maximum absolute atomic E-state index is 11.6. The standard InChI is InChI=1S/C20H26N2O2/c1-12-17(13(2)24-22-12)14-7-8-16-15(11-14)19(5)9-6-10-20(19,23)18(3,4)21-16/h7-8,11,21,23H,6,9-10H2,1-5H3. The molecule has 0 spiro atoms. The van der Waals surface area contributed by atoms with E-state index < -0.39 is 5.60 Å². The fraction of sp³-hybridized carbons (Fsp3) is 0.550. The number of anilines is 1. The Balaban J connectivity index is 1.94. The van der Waals surface area contributed by atoms with Crippen LogP contribution >= 0.6 is 0 Å². The second-order valence-corrected chi connectivity index (χ2v) is 8.26. The minimum absolute atomic E-state index is 0.244. The van der Waals surface area contributed by atoms with Crippen LogP contribution < -0.4 is 5.32 Å². The van der Waals surface area contributed by atoms with Gasteiger partial charge >= 0.3 is 0 Å². The molecule has 1 aromatic carbocycles. The molecule has 2 heterocycles. The van der Waals surface area contributed by atoms with Crippen molar-refractivity contribution in [1.82, 2.24) is 5.16 Å². The number of rotatable bonds is 1. The van der Waals surface area contributed by atoms with E-state index in [2.05, 4.69) is 49.4 Å². The minimum Gasteiger partial charge on any atom is -0.387 e. The lowest BCUT2D eigenvalue weighted by molar-refractivity contribution is -0.0628. The van der Waals surface area contributed by atoms with Gasteiger partial charge < -0.3 is 14.9 Å². The third-order valence-electron chi connectivity index (χ3n) is 6.55. The third-order valence-corrected chi connectivity index (χ3v) is 6.55. The highest BCUT2D eigenvalue weighted by Crippen LogP contribution is 2.58. The maximum Gasteiger partial charge on any atom is 0.141 e. The molecule has 1 fully saturated rings. The van der Waals surface area contributed by atoms with Gasteiger partial charge in [-0.2, -0.15) is 0 Å². The molecule has 0 radical (unpaired) electrons. The Labute approximate surface area is 143 Å². The van der Waals surface area contributed by atoms with Crippen molar-refractivity contribution in [3.8, 4) is 11.1 Å². The van der Waals surface area contributed by atoms with Crippen LogP contribution in [-0.4, -0.2) is 21.4 Å². The summed E-state index contributed by atoms with van der Waals surface area (Å²) >= 11 is 0. The van der Waals surface area contributed by atoms with Crippen LogP contribution in [0.3, 0.4) is 0 Å². The molecule has 2 aromatic rings. The van der Waals surface area contributed by atoms with Crippen LogP contribution in [0.1, 0.15) is 57.1 Å². The lowest BCUT2D eigenvalue weighted by Gasteiger charge is -2.55. The SMILES string of the molecule is Cc1noc(C)c1-c1ccc2c(c1)C1(C)CCCC1(O)C(C)(C)N2. The van der Waals surface area contributed by atoms with Crippen molar-refractivity contribution in [1.29, 1.82) is 0 Å². The van der Waals surface area contributed by atoms with Gasteiger partial charge in [-0.1, -0.05) is 18.1 Å². The molecule has 2 aliphatic rings. The molecule has 4 nitrogen and oxygen atoms in total. The Morgan fingerprint density at radius 1 is 1.17 bits per heavy atom. The first-order valence-electron chi connectivity index (χ1n) is 8.78. The number of aryl methyl sites for hydroxylation is 2. The summed E-state index contributed by atoms with van der Waals surface area (Å²) in [6, 6.07) is 6.49. The van der Waals surface area contributed by atoms with E-state index >= 15 is 0 Å². The van der Waals surface area contributed by atoms with Crippen molar-refractivity contribution in [2.24, 2.45) is 0 Å². The zero-order valence-electron chi connectivity index (χ0n) is 15.2. The van der Waals surface area contributed by atoms with Crippen LogP contribution in [0.5, 0.6) is 0 Å². The molecular formula is C20H26N2O2. The molecule has 1 aliphatic heterocycles. The summed E-state index contributed by atoms with van der Waals surface area (Å²) in [5, 5.41) is 19.3. The number of aliphatic hydroxyl groups is 1. The second kappa shape index (κ2) is 4.63. The van der Waals surface area contributed by atoms with Crippen molar-refractivity contribution in [2.75, 3.05) is 5.32 Å². The highest BCUT2D eigenvalue weighted by atomic mass is 16.5. The van der Waals surface area contributed by atoms with Gasteiger partial charge in [-0.05, 0) is 70.2 Å². The van der Waals surface area contributed by atoms with Gasteiger partial charge in [-0.3, -0.25) is 0 Å². The highest BCUT2D eigenvalue weighted by Gasteiger charge is 2.62. The number of fused-ring (bicyclic) bond motifs is 3. The fourth-order valence-electron chi connectivity index (χ4n) is 5.14. The highest BCUT2D eigenvalue weighted by molar-refractivity contribution is 5.74. The van der Waals surface area contributed by atoms with E-state index in [0.717, 1.165) is 47.5 Å². The van der Waals surface area contributed by atoms with Crippen LogP contribution in [0.15, 0.2) is 22.7 Å². The Morgan fingerprint density at radius 3 is 2.58 bits per heavy atom. The van der Waals surface area contributed by atoms with E-state index in [1.807, 2.05) is 13.8 Å². The minimum atomic E-state index is -0.746. The van der Waals surface area contributed by atoms with Crippen molar-refractivity contribution < 1.29 is 9.63 Å². The number of nitrogens with one attached hydrogen (secondary N) is 1. The molecule has 2 N–H and O–H groups in total. The predicted molar refractivity (Wildman–Crippen MR) is 95.3 cm³/mol. The van der Waals surface area contributed by atoms with Gasteiger partial charge in [0.1, 0.15) is 5.76 Å². The molecule has 2 unspecified atom stereocenters. The van der Waals surface area contributed by atoms with Crippen LogP contribution in [0, 0.1) is 13.8 Å². The van der Waals surface area contributed by atoms with Crippen LogP contribution in [0.4, 0.5) is 5.69 Å². The van der Waals surface area contributed by atoms with Gasteiger partial charge in [0.2, 0.25) is 0 Å². The van der Waals surface area contributed by atoms with E-state index in [4.69, 9.17) is 4.52 Å². The zero-order valence-corrected chi connectivity index (χ0v) is 15.2. The van der Waals surface area contributed by atoms with Crippen molar-refractivity contribution in [3.63, 3.8) is 0 Å². The third kappa shape index (κ3) is 1.75. The quantitative estimate of drug-likeness (QED) is 0.818. The molecule has 0 bridgehead atoms. The zero-order chi connectivity index (χ0) is 17.3. The monoisotopic (exact) mass is 326 g/mol. The molecule has 4 rings (SSSR count). The van der Waals surface area contributed by atoms with E-state index in [0.29, 0.717) is 0 Å². The average molecular weight is 326 g/mol. The molecule has 128 valence electrons. The Hall–Kier alpha value is -1.81. The van der Waals surface area contributed by atoms with E-state index in [-0.39, 0.29) is 11.0 Å². The van der Waals surface area contributed by atoms with Gasteiger partial charge in [0.05, 0.1) is 16.8 Å². The predicted octanol–water partition coefficient (Wildman–Crippen LogP) is 4.34. The second-order valence-electron chi connectivity index (χ2n) is 8.26. The van der Waals surface area contributed by atoms with Crippen molar-refractivity contribution in [3.05, 3.63) is 35.2 Å². The van der Waals surface area contributed by atoms with Gasteiger partial charge in [-0.15, -0.1) is 0 Å². The number of nitrogens with zero attached hydrogens (tertiary/aromatic N) is 1. The summed E-state index contributed by atoms with van der Waals surface area (Å²) < 4.78 is 5.34.